The molecule has 1 fully saturated rings. The van der Waals surface area contributed by atoms with Crippen LogP contribution < -0.4 is 15.0 Å². The number of thioether (sulfide) groups is 1. The zero-order valence-electron chi connectivity index (χ0n) is 16.0. The number of carbonyl (C=O) groups excluding carboxylic acids is 4. The van der Waals surface area contributed by atoms with E-state index >= 15 is 0 Å². The molecule has 0 aromatic heterocycles. The van der Waals surface area contributed by atoms with Gasteiger partial charge in [0.2, 0.25) is 5.91 Å². The number of fused-ring (bicyclic) bond motifs is 3. The molecule has 1 saturated heterocycles. The van der Waals surface area contributed by atoms with E-state index in [9.17, 15) is 19.2 Å². The predicted molar refractivity (Wildman–Crippen MR) is 108 cm³/mol. The predicted octanol–water partition coefficient (Wildman–Crippen LogP) is 2.12. The van der Waals surface area contributed by atoms with Gasteiger partial charge in [0.25, 0.3) is 11.8 Å². The zero-order chi connectivity index (χ0) is 21.3. The third-order valence-electron chi connectivity index (χ3n) is 4.93. The summed E-state index contributed by atoms with van der Waals surface area (Å²) in [6.07, 6.45) is 0.501. The molecule has 1 unspecified atom stereocenters. The molecular weight excluding hydrogens is 408 g/mol. The highest BCUT2D eigenvalue weighted by molar-refractivity contribution is 8.02. The van der Waals surface area contributed by atoms with Crippen LogP contribution in [0, 0.1) is 0 Å². The van der Waals surface area contributed by atoms with Gasteiger partial charge in [0.15, 0.2) is 11.5 Å². The molecule has 2 aliphatic heterocycles. The van der Waals surface area contributed by atoms with Crippen LogP contribution in [-0.2, 0) is 19.1 Å². The lowest BCUT2D eigenvalue weighted by molar-refractivity contribution is -0.150. The van der Waals surface area contributed by atoms with E-state index in [0.29, 0.717) is 11.4 Å². The van der Waals surface area contributed by atoms with Gasteiger partial charge in [-0.15, -0.1) is 0 Å². The van der Waals surface area contributed by atoms with Crippen LogP contribution in [0.3, 0.4) is 0 Å². The van der Waals surface area contributed by atoms with Gasteiger partial charge in [-0.2, -0.15) is 0 Å². The van der Waals surface area contributed by atoms with E-state index in [2.05, 4.69) is 5.32 Å². The minimum absolute atomic E-state index is 0.166. The monoisotopic (exact) mass is 426 g/mol. The molecule has 4 rings (SSSR count). The van der Waals surface area contributed by atoms with Crippen molar-refractivity contribution in [2.45, 2.75) is 22.6 Å². The smallest absolute Gasteiger partial charge is 0.344 e. The van der Waals surface area contributed by atoms with Gasteiger partial charge >= 0.3 is 5.97 Å². The van der Waals surface area contributed by atoms with Gasteiger partial charge in [-0.3, -0.25) is 24.6 Å². The number of nitrogens with one attached hydrogen (secondary N) is 1. The highest BCUT2D eigenvalue weighted by atomic mass is 32.2. The molecule has 9 heteroatoms. The number of anilines is 1. The summed E-state index contributed by atoms with van der Waals surface area (Å²) in [5.41, 5.74) is 0.852. The molecule has 2 aromatic rings. The minimum atomic E-state index is -1.21. The van der Waals surface area contributed by atoms with Crippen molar-refractivity contribution in [1.82, 2.24) is 5.32 Å². The number of benzene rings is 2. The van der Waals surface area contributed by atoms with Crippen molar-refractivity contribution in [2.24, 2.45) is 0 Å². The molecule has 0 radical (unpaired) electrons. The van der Waals surface area contributed by atoms with Gasteiger partial charge in [0.1, 0.15) is 5.75 Å². The largest absolute Gasteiger partial charge is 0.496 e. The fraction of sp³-hybridized carbons (Fsp3) is 0.238. The lowest BCUT2D eigenvalue weighted by Crippen LogP contribution is -2.48. The quantitative estimate of drug-likeness (QED) is 0.731. The van der Waals surface area contributed by atoms with E-state index in [0.717, 1.165) is 4.90 Å². The van der Waals surface area contributed by atoms with Gasteiger partial charge in [0.05, 0.1) is 18.4 Å². The van der Waals surface area contributed by atoms with Crippen molar-refractivity contribution in [3.63, 3.8) is 0 Å². The van der Waals surface area contributed by atoms with E-state index < -0.39 is 29.3 Å². The Morgan fingerprint density at radius 2 is 1.87 bits per heavy atom. The first-order valence-electron chi connectivity index (χ1n) is 9.22. The Morgan fingerprint density at radius 1 is 1.13 bits per heavy atom. The Kier molecular flexibility index (Phi) is 5.21. The number of hydrogen-bond donors (Lipinski definition) is 1. The number of carbonyl (C=O) groups is 4. The van der Waals surface area contributed by atoms with Crippen molar-refractivity contribution >= 4 is 41.1 Å². The average Bonchev–Trinajstić information content (AvgIpc) is 3.27. The summed E-state index contributed by atoms with van der Waals surface area (Å²) in [6, 6.07) is 13.7. The second-order valence-electron chi connectivity index (χ2n) is 6.74. The van der Waals surface area contributed by atoms with E-state index in [1.54, 1.807) is 30.3 Å². The van der Waals surface area contributed by atoms with Crippen molar-refractivity contribution in [2.75, 3.05) is 18.6 Å². The second kappa shape index (κ2) is 7.83. The first kappa shape index (κ1) is 20.0. The van der Waals surface area contributed by atoms with E-state index in [1.807, 2.05) is 12.1 Å². The number of hydrogen-bond acceptors (Lipinski definition) is 7. The summed E-state index contributed by atoms with van der Waals surface area (Å²) in [5.74, 6) is -1.97. The van der Waals surface area contributed by atoms with E-state index in [4.69, 9.17) is 9.47 Å². The van der Waals surface area contributed by atoms with Crippen LogP contribution in [0.5, 0.6) is 5.75 Å². The number of imide groups is 1. The maximum Gasteiger partial charge on any atom is 0.344 e. The first-order chi connectivity index (χ1) is 14.5. The number of para-hydroxylation sites is 2. The summed E-state index contributed by atoms with van der Waals surface area (Å²) in [7, 11) is 1.42. The molecule has 3 amide bonds. The lowest BCUT2D eigenvalue weighted by Gasteiger charge is -2.28. The lowest BCUT2D eigenvalue weighted by atomic mass is 10.2. The topological polar surface area (TPSA) is 102 Å². The molecule has 8 nitrogen and oxygen atoms in total. The Labute approximate surface area is 176 Å². The maximum absolute atomic E-state index is 12.9. The Bertz CT molecular complexity index is 1060. The SMILES string of the molecule is COc1ccccc1C(=O)NC(=O)COC(=O)C12CCC(=O)N1c1ccccc1S2. The molecule has 0 aliphatic carbocycles. The van der Waals surface area contributed by atoms with Gasteiger partial charge < -0.3 is 9.47 Å². The van der Waals surface area contributed by atoms with Crippen LogP contribution in [-0.4, -0.2) is 42.3 Å². The van der Waals surface area contributed by atoms with Gasteiger partial charge in [0, 0.05) is 17.7 Å². The fourth-order valence-corrected chi connectivity index (χ4v) is 4.99. The molecule has 1 atom stereocenters. The summed E-state index contributed by atoms with van der Waals surface area (Å²) in [6.45, 7) is -0.638. The molecule has 2 aromatic carbocycles. The Morgan fingerprint density at radius 3 is 2.67 bits per heavy atom. The molecule has 2 aliphatic rings. The summed E-state index contributed by atoms with van der Waals surface area (Å²) >= 11 is 1.25. The number of esters is 1. The molecular formula is C21H18N2O6S. The minimum Gasteiger partial charge on any atom is -0.496 e. The third kappa shape index (κ3) is 3.30. The normalized spacial score (nSPS) is 19.1. The molecule has 30 heavy (non-hydrogen) atoms. The third-order valence-corrected chi connectivity index (χ3v) is 6.39. The fourth-order valence-electron chi connectivity index (χ4n) is 3.58. The first-order valence-corrected chi connectivity index (χ1v) is 10.0. The molecule has 0 spiro atoms. The van der Waals surface area contributed by atoms with Crippen molar-refractivity contribution < 1.29 is 28.7 Å². The number of ether oxygens (including phenoxy) is 2. The Hall–Kier alpha value is -3.33. The van der Waals surface area contributed by atoms with Crippen LogP contribution in [0.15, 0.2) is 53.4 Å². The highest BCUT2D eigenvalue weighted by Gasteiger charge is 2.58. The molecule has 154 valence electrons. The van der Waals surface area contributed by atoms with Crippen LogP contribution in [0.1, 0.15) is 23.2 Å². The summed E-state index contributed by atoms with van der Waals surface area (Å²) < 4.78 is 10.3. The summed E-state index contributed by atoms with van der Waals surface area (Å²) in [5, 5.41) is 2.18. The van der Waals surface area contributed by atoms with E-state index in [1.165, 1.54) is 29.8 Å². The van der Waals surface area contributed by atoms with Crippen LogP contribution in [0.2, 0.25) is 0 Å². The van der Waals surface area contributed by atoms with Crippen LogP contribution in [0.25, 0.3) is 0 Å². The van der Waals surface area contributed by atoms with E-state index in [-0.39, 0.29) is 24.3 Å². The molecule has 2 heterocycles. The number of nitrogens with zero attached hydrogens (tertiary/aromatic N) is 1. The number of methoxy groups -OCH3 is 1. The summed E-state index contributed by atoms with van der Waals surface area (Å²) in [4.78, 5) is 50.8. The zero-order valence-corrected chi connectivity index (χ0v) is 16.9. The maximum atomic E-state index is 12.9. The molecule has 0 bridgehead atoms. The molecule has 0 saturated carbocycles. The van der Waals surface area contributed by atoms with Crippen molar-refractivity contribution in [3.8, 4) is 5.75 Å². The standard InChI is InChI=1S/C21H18N2O6S/c1-28-15-8-4-2-6-13(15)19(26)22-17(24)12-29-20(27)21-11-10-18(25)23(21)14-7-3-5-9-16(14)30-21/h2-9H,10-12H2,1H3,(H,22,24,26). The highest BCUT2D eigenvalue weighted by Crippen LogP contribution is 2.56. The second-order valence-corrected chi connectivity index (χ2v) is 8.06. The average molecular weight is 426 g/mol. The van der Waals surface area contributed by atoms with Crippen LogP contribution in [0.4, 0.5) is 5.69 Å². The van der Waals surface area contributed by atoms with Crippen molar-refractivity contribution in [3.05, 3.63) is 54.1 Å². The van der Waals surface area contributed by atoms with Gasteiger partial charge in [-0.1, -0.05) is 36.0 Å². The molecule has 1 N–H and O–H groups in total. The number of amides is 3. The Balaban J connectivity index is 1.42. The van der Waals surface area contributed by atoms with Gasteiger partial charge in [-0.05, 0) is 24.3 Å². The number of rotatable bonds is 5. The van der Waals surface area contributed by atoms with Crippen molar-refractivity contribution in [1.29, 1.82) is 0 Å². The van der Waals surface area contributed by atoms with Crippen LogP contribution >= 0.6 is 11.8 Å². The van der Waals surface area contributed by atoms with Gasteiger partial charge in [-0.25, -0.2) is 4.79 Å².